The summed E-state index contributed by atoms with van der Waals surface area (Å²) in [5.41, 5.74) is 1.67. The Morgan fingerprint density at radius 3 is 2.30 bits per heavy atom. The molecule has 3 aromatic rings. The average Bonchev–Trinajstić information content (AvgIpc) is 2.73. The first-order valence-electron chi connectivity index (χ1n) is 8.95. The summed E-state index contributed by atoms with van der Waals surface area (Å²) >= 11 is 8.54. The third kappa shape index (κ3) is 6.68. The van der Waals surface area contributed by atoms with Gasteiger partial charge in [0.25, 0.3) is 11.8 Å². The number of amides is 2. The minimum atomic E-state index is -0.323. The maximum Gasteiger partial charge on any atom is 0.262 e. The largest absolute Gasteiger partial charge is 0.484 e. The number of hydrogen-bond acceptors (Lipinski definition) is 4. The number of anilines is 2. The van der Waals surface area contributed by atoms with E-state index < -0.39 is 0 Å². The van der Waals surface area contributed by atoms with E-state index in [0.29, 0.717) is 22.7 Å². The molecular weight excluding hydrogens is 466 g/mol. The summed E-state index contributed by atoms with van der Waals surface area (Å²) < 4.78 is 6.23. The maximum atomic E-state index is 12.3. The number of carbonyl (C=O) groups excluding carboxylic acids is 2. The van der Waals surface area contributed by atoms with Gasteiger partial charge in [-0.2, -0.15) is 0 Å². The van der Waals surface area contributed by atoms with E-state index in [1.807, 2.05) is 24.3 Å². The molecular formula is C22H18BrN3O3S. The van der Waals surface area contributed by atoms with Crippen molar-refractivity contribution in [2.45, 2.75) is 0 Å². The number of ether oxygens (including phenoxy) is 1. The van der Waals surface area contributed by atoms with Crippen LogP contribution in [0.4, 0.5) is 11.4 Å². The molecule has 0 aliphatic carbocycles. The summed E-state index contributed by atoms with van der Waals surface area (Å²) in [6.07, 6.45) is 0. The SMILES string of the molecule is O=C(COc1ccccc1)Nc1cccc(NC(=S)NC(=O)c2cccc(Br)c2)c1. The van der Waals surface area contributed by atoms with Crippen molar-refractivity contribution >= 4 is 56.4 Å². The Morgan fingerprint density at radius 2 is 1.57 bits per heavy atom. The van der Waals surface area contributed by atoms with Crippen molar-refractivity contribution in [3.63, 3.8) is 0 Å². The Morgan fingerprint density at radius 1 is 0.867 bits per heavy atom. The van der Waals surface area contributed by atoms with E-state index in [-0.39, 0.29) is 23.5 Å². The van der Waals surface area contributed by atoms with Gasteiger partial charge in [-0.25, -0.2) is 0 Å². The first-order valence-corrected chi connectivity index (χ1v) is 10.2. The minimum Gasteiger partial charge on any atom is -0.484 e. The molecule has 2 amide bonds. The van der Waals surface area contributed by atoms with E-state index in [9.17, 15) is 9.59 Å². The van der Waals surface area contributed by atoms with Crippen molar-refractivity contribution in [1.29, 1.82) is 0 Å². The second-order valence-electron chi connectivity index (χ2n) is 6.15. The van der Waals surface area contributed by atoms with Crippen LogP contribution in [-0.4, -0.2) is 23.5 Å². The van der Waals surface area contributed by atoms with Crippen LogP contribution in [0.3, 0.4) is 0 Å². The molecule has 3 N–H and O–H groups in total. The van der Waals surface area contributed by atoms with Gasteiger partial charge in [0.1, 0.15) is 5.75 Å². The van der Waals surface area contributed by atoms with Crippen molar-refractivity contribution < 1.29 is 14.3 Å². The Balaban J connectivity index is 1.52. The van der Waals surface area contributed by atoms with Gasteiger partial charge in [-0.1, -0.05) is 46.3 Å². The van der Waals surface area contributed by atoms with Gasteiger partial charge in [-0.3, -0.25) is 14.9 Å². The van der Waals surface area contributed by atoms with E-state index in [1.165, 1.54) is 0 Å². The Hall–Kier alpha value is -3.23. The number of para-hydroxylation sites is 1. The van der Waals surface area contributed by atoms with Crippen LogP contribution in [0.2, 0.25) is 0 Å². The fourth-order valence-corrected chi connectivity index (χ4v) is 3.11. The van der Waals surface area contributed by atoms with Crippen LogP contribution in [0.1, 0.15) is 10.4 Å². The zero-order chi connectivity index (χ0) is 21.3. The second-order valence-corrected chi connectivity index (χ2v) is 7.47. The predicted octanol–water partition coefficient (Wildman–Crippen LogP) is 4.59. The number of carbonyl (C=O) groups is 2. The molecule has 6 nitrogen and oxygen atoms in total. The number of halogens is 1. The average molecular weight is 484 g/mol. The van der Waals surface area contributed by atoms with E-state index >= 15 is 0 Å². The van der Waals surface area contributed by atoms with Crippen molar-refractivity contribution in [2.24, 2.45) is 0 Å². The first kappa shape index (κ1) is 21.5. The van der Waals surface area contributed by atoms with E-state index in [4.69, 9.17) is 17.0 Å². The van der Waals surface area contributed by atoms with Gasteiger partial charge in [0.15, 0.2) is 11.7 Å². The van der Waals surface area contributed by atoms with Gasteiger partial charge in [0.2, 0.25) is 0 Å². The topological polar surface area (TPSA) is 79.5 Å². The summed E-state index contributed by atoms with van der Waals surface area (Å²) in [6.45, 7) is -0.108. The van der Waals surface area contributed by atoms with Crippen LogP contribution in [0.25, 0.3) is 0 Å². The molecule has 0 aromatic heterocycles. The van der Waals surface area contributed by atoms with Crippen LogP contribution in [0.15, 0.2) is 83.3 Å². The standard InChI is InChI=1S/C22H18BrN3O3S/c23-16-7-4-6-15(12-16)21(28)26-22(30)25-18-9-5-8-17(13-18)24-20(27)14-29-19-10-2-1-3-11-19/h1-13H,14H2,(H,24,27)(H2,25,26,28,30). The third-order valence-corrected chi connectivity index (χ3v) is 4.53. The first-order chi connectivity index (χ1) is 14.5. The van der Waals surface area contributed by atoms with E-state index in [2.05, 4.69) is 31.9 Å². The highest BCUT2D eigenvalue weighted by Gasteiger charge is 2.09. The molecule has 0 bridgehead atoms. The number of benzene rings is 3. The van der Waals surface area contributed by atoms with Gasteiger partial charge < -0.3 is 15.4 Å². The number of rotatable bonds is 6. The van der Waals surface area contributed by atoms with Crippen LogP contribution in [0.5, 0.6) is 5.75 Å². The summed E-state index contributed by atoms with van der Waals surface area (Å²) in [5, 5.41) is 8.47. The highest BCUT2D eigenvalue weighted by Crippen LogP contribution is 2.16. The molecule has 0 fully saturated rings. The van der Waals surface area contributed by atoms with Crippen molar-refractivity contribution in [2.75, 3.05) is 17.2 Å². The molecule has 0 saturated heterocycles. The maximum absolute atomic E-state index is 12.3. The molecule has 0 aliphatic heterocycles. The van der Waals surface area contributed by atoms with Crippen LogP contribution in [0, 0.1) is 0 Å². The molecule has 0 spiro atoms. The van der Waals surface area contributed by atoms with Gasteiger partial charge in [0, 0.05) is 21.4 Å². The lowest BCUT2D eigenvalue weighted by atomic mass is 10.2. The molecule has 0 heterocycles. The lowest BCUT2D eigenvalue weighted by Gasteiger charge is -2.12. The van der Waals surface area contributed by atoms with Gasteiger partial charge >= 0.3 is 0 Å². The predicted molar refractivity (Wildman–Crippen MR) is 125 cm³/mol. The molecule has 0 aliphatic rings. The number of thiocarbonyl (C=S) groups is 1. The molecule has 0 atom stereocenters. The lowest BCUT2D eigenvalue weighted by Crippen LogP contribution is -2.34. The Bertz CT molecular complexity index is 1060. The second kappa shape index (κ2) is 10.5. The highest BCUT2D eigenvalue weighted by atomic mass is 79.9. The van der Waals surface area contributed by atoms with Gasteiger partial charge in [-0.15, -0.1) is 0 Å². The molecule has 0 unspecified atom stereocenters. The molecule has 0 radical (unpaired) electrons. The fraction of sp³-hybridized carbons (Fsp3) is 0.0455. The van der Waals surface area contributed by atoms with Crippen molar-refractivity contribution in [3.05, 3.63) is 88.9 Å². The summed E-state index contributed by atoms with van der Waals surface area (Å²) in [7, 11) is 0. The normalized spacial score (nSPS) is 10.0. The Labute approximate surface area is 187 Å². The number of hydrogen-bond donors (Lipinski definition) is 3. The van der Waals surface area contributed by atoms with Gasteiger partial charge in [-0.05, 0) is 60.7 Å². The van der Waals surface area contributed by atoms with E-state index in [1.54, 1.807) is 54.6 Å². The van der Waals surface area contributed by atoms with Crippen LogP contribution in [-0.2, 0) is 4.79 Å². The molecule has 0 saturated carbocycles. The fourth-order valence-electron chi connectivity index (χ4n) is 2.50. The lowest BCUT2D eigenvalue weighted by molar-refractivity contribution is -0.118. The summed E-state index contributed by atoms with van der Waals surface area (Å²) in [5.74, 6) is 0.00691. The summed E-state index contributed by atoms with van der Waals surface area (Å²) in [4.78, 5) is 24.4. The molecule has 8 heteroatoms. The van der Waals surface area contributed by atoms with Crippen LogP contribution >= 0.6 is 28.1 Å². The number of nitrogens with one attached hydrogen (secondary N) is 3. The summed E-state index contributed by atoms with van der Waals surface area (Å²) in [6, 6.07) is 23.1. The third-order valence-electron chi connectivity index (χ3n) is 3.83. The highest BCUT2D eigenvalue weighted by molar-refractivity contribution is 9.10. The molecule has 152 valence electrons. The quantitative estimate of drug-likeness (QED) is 0.446. The Kier molecular flexibility index (Phi) is 7.53. The molecule has 3 rings (SSSR count). The monoisotopic (exact) mass is 483 g/mol. The zero-order valence-electron chi connectivity index (χ0n) is 15.7. The van der Waals surface area contributed by atoms with Crippen LogP contribution < -0.4 is 20.7 Å². The van der Waals surface area contributed by atoms with Crippen molar-refractivity contribution in [1.82, 2.24) is 5.32 Å². The molecule has 30 heavy (non-hydrogen) atoms. The zero-order valence-corrected chi connectivity index (χ0v) is 18.1. The van der Waals surface area contributed by atoms with Gasteiger partial charge in [0.05, 0.1) is 0 Å². The van der Waals surface area contributed by atoms with Crippen molar-refractivity contribution in [3.8, 4) is 5.75 Å². The molecule has 3 aromatic carbocycles. The smallest absolute Gasteiger partial charge is 0.262 e. The minimum absolute atomic E-state index is 0.108. The van der Waals surface area contributed by atoms with E-state index in [0.717, 1.165) is 4.47 Å².